The molecule has 106 valence electrons. The minimum Gasteiger partial charge on any atom is -0.384 e. The van der Waals surface area contributed by atoms with Crippen LogP contribution in [0.4, 0.5) is 13.2 Å². The normalized spacial score (nSPS) is 12.6. The van der Waals surface area contributed by atoms with Gasteiger partial charge in [0.2, 0.25) is 0 Å². The summed E-state index contributed by atoms with van der Waals surface area (Å²) in [5, 5.41) is 12.1. The van der Waals surface area contributed by atoms with Crippen molar-refractivity contribution in [3.63, 3.8) is 0 Å². The van der Waals surface area contributed by atoms with Gasteiger partial charge in [0.15, 0.2) is 17.5 Å². The van der Waals surface area contributed by atoms with Crippen LogP contribution in [0.1, 0.15) is 17.2 Å². The first kappa shape index (κ1) is 13.6. The molecule has 21 heavy (non-hydrogen) atoms. The number of rotatable bonds is 2. The highest BCUT2D eigenvalue weighted by Gasteiger charge is 2.17. The lowest BCUT2D eigenvalue weighted by atomic mass is 9.98. The zero-order chi connectivity index (χ0) is 15.0. The standard InChI is InChI=1S/C17H11F3O/c18-14-8-13(9-15(19)16(14)20)17(21)12-6-5-10-3-1-2-4-11(10)7-12/h1-9,17,21H. The Hall–Kier alpha value is -2.33. The van der Waals surface area contributed by atoms with Gasteiger partial charge >= 0.3 is 0 Å². The fourth-order valence-electron chi connectivity index (χ4n) is 2.30. The van der Waals surface area contributed by atoms with Crippen molar-refractivity contribution in [2.45, 2.75) is 6.10 Å². The van der Waals surface area contributed by atoms with E-state index in [2.05, 4.69) is 0 Å². The van der Waals surface area contributed by atoms with Gasteiger partial charge in [-0.15, -0.1) is 0 Å². The van der Waals surface area contributed by atoms with E-state index in [1.165, 1.54) is 0 Å². The number of aliphatic hydroxyl groups excluding tert-OH is 1. The van der Waals surface area contributed by atoms with Gasteiger partial charge < -0.3 is 5.11 Å². The average Bonchev–Trinajstić information content (AvgIpc) is 2.51. The molecule has 1 unspecified atom stereocenters. The van der Waals surface area contributed by atoms with E-state index < -0.39 is 23.6 Å². The van der Waals surface area contributed by atoms with Gasteiger partial charge in [-0.25, -0.2) is 13.2 Å². The molecule has 0 heterocycles. The van der Waals surface area contributed by atoms with Gasteiger partial charge in [-0.3, -0.25) is 0 Å². The second-order valence-electron chi connectivity index (χ2n) is 4.81. The predicted octanol–water partition coefficient (Wildman–Crippen LogP) is 4.34. The summed E-state index contributed by atoms with van der Waals surface area (Å²) in [6.07, 6.45) is -1.22. The maximum Gasteiger partial charge on any atom is 0.194 e. The zero-order valence-corrected chi connectivity index (χ0v) is 10.9. The van der Waals surface area contributed by atoms with Crippen molar-refractivity contribution < 1.29 is 18.3 Å². The molecule has 0 saturated heterocycles. The molecule has 1 atom stereocenters. The summed E-state index contributed by atoms with van der Waals surface area (Å²) in [5.41, 5.74) is 0.459. The molecule has 0 aromatic heterocycles. The predicted molar refractivity (Wildman–Crippen MR) is 74.3 cm³/mol. The van der Waals surface area contributed by atoms with E-state index in [1.54, 1.807) is 12.1 Å². The molecule has 3 rings (SSSR count). The van der Waals surface area contributed by atoms with Crippen molar-refractivity contribution in [2.24, 2.45) is 0 Å². The SMILES string of the molecule is OC(c1cc(F)c(F)c(F)c1)c1ccc2ccccc2c1. The van der Waals surface area contributed by atoms with Crippen molar-refractivity contribution >= 4 is 10.8 Å². The number of hydrogen-bond acceptors (Lipinski definition) is 1. The van der Waals surface area contributed by atoms with Crippen LogP contribution in [0, 0.1) is 17.5 Å². The largest absolute Gasteiger partial charge is 0.384 e. The summed E-state index contributed by atoms with van der Waals surface area (Å²) >= 11 is 0. The van der Waals surface area contributed by atoms with E-state index in [1.807, 2.05) is 30.3 Å². The first-order valence-electron chi connectivity index (χ1n) is 6.37. The minimum absolute atomic E-state index is 0.0262. The molecule has 0 bridgehead atoms. The third-order valence-corrected chi connectivity index (χ3v) is 3.41. The molecule has 3 aromatic carbocycles. The summed E-state index contributed by atoms with van der Waals surface area (Å²) in [4.78, 5) is 0. The Morgan fingerprint density at radius 1 is 0.714 bits per heavy atom. The molecule has 0 radical (unpaired) electrons. The van der Waals surface area contributed by atoms with Gasteiger partial charge in [-0.2, -0.15) is 0 Å². The summed E-state index contributed by atoms with van der Waals surface area (Å²) in [7, 11) is 0. The Balaban J connectivity index is 2.05. The average molecular weight is 288 g/mol. The fourth-order valence-corrected chi connectivity index (χ4v) is 2.30. The summed E-state index contributed by atoms with van der Waals surface area (Å²) < 4.78 is 39.4. The van der Waals surface area contributed by atoms with Crippen molar-refractivity contribution in [1.29, 1.82) is 0 Å². The van der Waals surface area contributed by atoms with Crippen LogP contribution in [0.15, 0.2) is 54.6 Å². The molecule has 0 amide bonds. The molecule has 1 N–H and O–H groups in total. The maximum atomic E-state index is 13.2. The van der Waals surface area contributed by atoms with E-state index in [0.29, 0.717) is 5.56 Å². The number of hydrogen-bond donors (Lipinski definition) is 1. The van der Waals surface area contributed by atoms with Crippen molar-refractivity contribution in [2.75, 3.05) is 0 Å². The lowest BCUT2D eigenvalue weighted by Gasteiger charge is -2.13. The minimum atomic E-state index is -1.54. The lowest BCUT2D eigenvalue weighted by molar-refractivity contribution is 0.219. The number of aliphatic hydroxyl groups is 1. The molecule has 0 aliphatic carbocycles. The Bertz CT molecular complexity index is 791. The summed E-state index contributed by atoms with van der Waals surface area (Å²) in [5.74, 6) is -4.17. The fraction of sp³-hybridized carbons (Fsp3) is 0.0588. The first-order valence-corrected chi connectivity index (χ1v) is 6.37. The number of fused-ring (bicyclic) bond motifs is 1. The van der Waals surface area contributed by atoms with Crippen molar-refractivity contribution in [3.05, 3.63) is 83.2 Å². The number of halogens is 3. The molecular formula is C17H11F3O. The first-order chi connectivity index (χ1) is 10.1. The van der Waals surface area contributed by atoms with E-state index >= 15 is 0 Å². The van der Waals surface area contributed by atoms with Gasteiger partial charge in [0.05, 0.1) is 0 Å². The van der Waals surface area contributed by atoms with Gasteiger partial charge in [0, 0.05) is 0 Å². The Kier molecular flexibility index (Phi) is 3.39. The van der Waals surface area contributed by atoms with Crippen molar-refractivity contribution in [3.8, 4) is 0 Å². The van der Waals surface area contributed by atoms with Crippen LogP contribution in [0.25, 0.3) is 10.8 Å². The Morgan fingerprint density at radius 2 is 1.33 bits per heavy atom. The molecule has 0 aliphatic heterocycles. The van der Waals surface area contributed by atoms with Gasteiger partial charge in [0.25, 0.3) is 0 Å². The molecule has 0 aliphatic rings. The number of benzene rings is 3. The van der Waals surface area contributed by atoms with Gasteiger partial charge in [-0.1, -0.05) is 36.4 Å². The van der Waals surface area contributed by atoms with E-state index in [4.69, 9.17) is 0 Å². The Labute approximate surface area is 119 Å². The van der Waals surface area contributed by atoms with E-state index in [0.717, 1.165) is 22.9 Å². The topological polar surface area (TPSA) is 20.2 Å². The molecule has 0 fully saturated rings. The smallest absolute Gasteiger partial charge is 0.194 e. The zero-order valence-electron chi connectivity index (χ0n) is 10.9. The maximum absolute atomic E-state index is 13.2. The second-order valence-corrected chi connectivity index (χ2v) is 4.81. The van der Waals surface area contributed by atoms with Crippen LogP contribution in [-0.2, 0) is 0 Å². The van der Waals surface area contributed by atoms with Crippen LogP contribution >= 0.6 is 0 Å². The molecule has 3 aromatic rings. The molecule has 4 heteroatoms. The summed E-state index contributed by atoms with van der Waals surface area (Å²) in [6.45, 7) is 0. The van der Waals surface area contributed by atoms with Gasteiger partial charge in [0.1, 0.15) is 6.10 Å². The van der Waals surface area contributed by atoms with Crippen LogP contribution < -0.4 is 0 Å². The highest BCUT2D eigenvalue weighted by molar-refractivity contribution is 5.83. The van der Waals surface area contributed by atoms with E-state index in [9.17, 15) is 18.3 Å². The lowest BCUT2D eigenvalue weighted by Crippen LogP contribution is -2.03. The highest BCUT2D eigenvalue weighted by atomic mass is 19.2. The Morgan fingerprint density at radius 3 is 2.00 bits per heavy atom. The highest BCUT2D eigenvalue weighted by Crippen LogP contribution is 2.27. The third-order valence-electron chi connectivity index (χ3n) is 3.41. The monoisotopic (exact) mass is 288 g/mol. The van der Waals surface area contributed by atoms with Crippen molar-refractivity contribution in [1.82, 2.24) is 0 Å². The molecular weight excluding hydrogens is 277 g/mol. The molecule has 0 saturated carbocycles. The van der Waals surface area contributed by atoms with E-state index in [-0.39, 0.29) is 5.56 Å². The third kappa shape index (κ3) is 2.50. The molecule has 1 nitrogen and oxygen atoms in total. The quantitative estimate of drug-likeness (QED) is 0.695. The van der Waals surface area contributed by atoms with Crippen LogP contribution in [0.3, 0.4) is 0 Å². The second kappa shape index (κ2) is 5.22. The van der Waals surface area contributed by atoms with Gasteiger partial charge in [-0.05, 0) is 40.1 Å². The summed E-state index contributed by atoms with van der Waals surface area (Å²) in [6, 6.07) is 14.4. The van der Waals surface area contributed by atoms with Crippen LogP contribution in [0.2, 0.25) is 0 Å². The van der Waals surface area contributed by atoms with Crippen LogP contribution in [0.5, 0.6) is 0 Å². The molecule has 0 spiro atoms. The van der Waals surface area contributed by atoms with Crippen LogP contribution in [-0.4, -0.2) is 5.11 Å².